The molecule has 2 aromatic heterocycles. The zero-order chi connectivity index (χ0) is 24.4. The summed E-state index contributed by atoms with van der Waals surface area (Å²) in [6.07, 6.45) is 3.86. The van der Waals surface area contributed by atoms with E-state index in [0.29, 0.717) is 27.1 Å². The van der Waals surface area contributed by atoms with Gasteiger partial charge in [0.1, 0.15) is 15.8 Å². The number of aryl methyl sites for hydroxylation is 1. The van der Waals surface area contributed by atoms with Crippen LogP contribution in [0.25, 0.3) is 11.7 Å². The third kappa shape index (κ3) is 4.51. The number of carbonyl (C=O) groups excluding carboxylic acids is 1. The highest BCUT2D eigenvalue weighted by atomic mass is 32.2. The number of aliphatic hydroxyl groups excluding tert-OH is 1. The first-order valence-corrected chi connectivity index (χ1v) is 12.3. The Balaban J connectivity index is 1.80. The number of anilines is 1. The molecule has 1 aromatic carbocycles. The van der Waals surface area contributed by atoms with Gasteiger partial charge in [0.15, 0.2) is 0 Å². The van der Waals surface area contributed by atoms with E-state index in [1.54, 1.807) is 23.2 Å². The van der Waals surface area contributed by atoms with Crippen LogP contribution in [0.5, 0.6) is 0 Å². The van der Waals surface area contributed by atoms with Gasteiger partial charge in [0, 0.05) is 6.20 Å². The van der Waals surface area contributed by atoms with Gasteiger partial charge >= 0.3 is 0 Å². The molecule has 2 N–H and O–H groups in total. The van der Waals surface area contributed by atoms with Gasteiger partial charge in [0.05, 0.1) is 29.2 Å². The van der Waals surface area contributed by atoms with Crippen LogP contribution in [-0.2, 0) is 4.79 Å². The van der Waals surface area contributed by atoms with Crippen molar-refractivity contribution >= 4 is 51.7 Å². The van der Waals surface area contributed by atoms with E-state index >= 15 is 0 Å². The minimum atomic E-state index is -0.301. The number of fused-ring (bicyclic) bond motifs is 1. The van der Waals surface area contributed by atoms with Crippen LogP contribution >= 0.6 is 24.0 Å². The lowest BCUT2D eigenvalue weighted by Gasteiger charge is -2.23. The molecule has 0 aliphatic carbocycles. The minimum Gasteiger partial charge on any atom is -0.394 e. The zero-order valence-electron chi connectivity index (χ0n) is 19.2. The second-order valence-electron chi connectivity index (χ2n) is 8.13. The van der Waals surface area contributed by atoms with Gasteiger partial charge in [0.25, 0.3) is 11.5 Å². The van der Waals surface area contributed by atoms with E-state index in [4.69, 9.17) is 12.2 Å². The lowest BCUT2D eigenvalue weighted by Crippen LogP contribution is -2.31. The summed E-state index contributed by atoms with van der Waals surface area (Å²) in [5.74, 6) is 0.0850. The molecule has 0 spiro atoms. The van der Waals surface area contributed by atoms with Crippen LogP contribution in [0.1, 0.15) is 43.0 Å². The van der Waals surface area contributed by atoms with Gasteiger partial charge in [-0.3, -0.25) is 18.9 Å². The smallest absolute Gasteiger partial charge is 0.267 e. The molecule has 1 aliphatic heterocycles. The zero-order valence-corrected chi connectivity index (χ0v) is 20.8. The van der Waals surface area contributed by atoms with Crippen molar-refractivity contribution in [3.63, 3.8) is 0 Å². The number of carbonyl (C=O) groups is 1. The average Bonchev–Trinajstić information content (AvgIpc) is 3.12. The normalized spacial score (nSPS) is 16.9. The summed E-state index contributed by atoms with van der Waals surface area (Å²) < 4.78 is 1.91. The van der Waals surface area contributed by atoms with Crippen molar-refractivity contribution in [3.8, 4) is 0 Å². The van der Waals surface area contributed by atoms with Gasteiger partial charge in [-0.05, 0) is 43.5 Å². The Morgan fingerprint density at radius 1 is 1.21 bits per heavy atom. The highest BCUT2D eigenvalue weighted by molar-refractivity contribution is 8.26. The van der Waals surface area contributed by atoms with Crippen molar-refractivity contribution in [1.29, 1.82) is 0 Å². The molecule has 4 rings (SSSR count). The topological polar surface area (TPSA) is 86.9 Å². The van der Waals surface area contributed by atoms with E-state index in [1.165, 1.54) is 16.2 Å². The van der Waals surface area contributed by atoms with E-state index in [2.05, 4.69) is 10.3 Å². The number of rotatable bonds is 7. The summed E-state index contributed by atoms with van der Waals surface area (Å²) in [5, 5.41) is 12.9. The van der Waals surface area contributed by atoms with Gasteiger partial charge < -0.3 is 10.4 Å². The number of aromatic nitrogens is 2. The summed E-state index contributed by atoms with van der Waals surface area (Å²) in [4.78, 5) is 33.5. The molecule has 2 atom stereocenters. The number of pyridine rings is 1. The molecule has 9 heteroatoms. The van der Waals surface area contributed by atoms with Gasteiger partial charge in [-0.2, -0.15) is 0 Å². The van der Waals surface area contributed by atoms with E-state index in [1.807, 2.05) is 57.2 Å². The van der Waals surface area contributed by atoms with Crippen molar-refractivity contribution < 1.29 is 9.90 Å². The first kappa shape index (κ1) is 24.1. The fourth-order valence-corrected chi connectivity index (χ4v) is 5.25. The fourth-order valence-electron chi connectivity index (χ4n) is 3.85. The van der Waals surface area contributed by atoms with Crippen LogP contribution in [0.15, 0.2) is 58.4 Å². The lowest BCUT2D eigenvalue weighted by molar-refractivity contribution is -0.123. The molecule has 34 heavy (non-hydrogen) atoms. The monoisotopic (exact) mass is 494 g/mol. The first-order valence-electron chi connectivity index (χ1n) is 11.1. The molecule has 0 bridgehead atoms. The van der Waals surface area contributed by atoms with Gasteiger partial charge in [-0.1, -0.05) is 67.3 Å². The van der Waals surface area contributed by atoms with Gasteiger partial charge in [-0.25, -0.2) is 4.98 Å². The van der Waals surface area contributed by atoms with Gasteiger partial charge in [0.2, 0.25) is 0 Å². The van der Waals surface area contributed by atoms with E-state index in [-0.39, 0.29) is 35.7 Å². The van der Waals surface area contributed by atoms with Gasteiger partial charge in [-0.15, -0.1) is 0 Å². The number of nitrogens with zero attached hydrogens (tertiary/aromatic N) is 3. The summed E-state index contributed by atoms with van der Waals surface area (Å²) in [6.45, 7) is 5.63. The predicted molar refractivity (Wildman–Crippen MR) is 141 cm³/mol. The van der Waals surface area contributed by atoms with E-state index in [9.17, 15) is 14.7 Å². The van der Waals surface area contributed by atoms with Crippen molar-refractivity contribution in [1.82, 2.24) is 14.3 Å². The van der Waals surface area contributed by atoms with Crippen molar-refractivity contribution in [2.75, 3.05) is 11.9 Å². The Kier molecular flexibility index (Phi) is 7.16. The van der Waals surface area contributed by atoms with Crippen LogP contribution in [0.3, 0.4) is 0 Å². The molecule has 1 amide bonds. The molecule has 1 saturated heterocycles. The third-order valence-corrected chi connectivity index (χ3v) is 7.24. The molecule has 7 nitrogen and oxygen atoms in total. The number of benzene rings is 1. The van der Waals surface area contributed by atoms with Crippen molar-refractivity contribution in [3.05, 3.63) is 80.6 Å². The molecular weight excluding hydrogens is 468 g/mol. The Morgan fingerprint density at radius 3 is 2.62 bits per heavy atom. The number of thiocarbonyl (C=S) groups is 1. The summed E-state index contributed by atoms with van der Waals surface area (Å²) in [5.41, 5.74) is 2.28. The molecule has 0 saturated carbocycles. The summed E-state index contributed by atoms with van der Waals surface area (Å²) in [6, 6.07) is 12.8. The maximum atomic E-state index is 13.5. The molecule has 1 fully saturated rings. The number of thioether (sulfide) groups is 1. The predicted octanol–water partition coefficient (Wildman–Crippen LogP) is 4.15. The number of hydrogen-bond donors (Lipinski definition) is 2. The van der Waals surface area contributed by atoms with Crippen molar-refractivity contribution in [2.45, 2.75) is 39.3 Å². The highest BCUT2D eigenvalue weighted by Crippen LogP contribution is 2.38. The third-order valence-electron chi connectivity index (χ3n) is 5.91. The molecule has 2 unspecified atom stereocenters. The van der Waals surface area contributed by atoms with Crippen molar-refractivity contribution in [2.24, 2.45) is 0 Å². The summed E-state index contributed by atoms with van der Waals surface area (Å²) in [7, 11) is 0. The lowest BCUT2D eigenvalue weighted by atomic mass is 10.1. The van der Waals surface area contributed by atoms with E-state index < -0.39 is 0 Å². The molecular formula is C25H26N4O3S2. The number of aliphatic hydroxyl groups is 1. The second kappa shape index (κ2) is 10.1. The van der Waals surface area contributed by atoms with E-state index in [0.717, 1.165) is 11.1 Å². The molecule has 176 valence electrons. The number of nitrogens with one attached hydrogen (secondary N) is 1. The SMILES string of the molecule is CCC(CO)Nc1nc2c(C)cccn2c(=O)c1C=C1SC(=S)N(C(C)c2ccccc2)C1=O. The van der Waals surface area contributed by atoms with Crippen LogP contribution in [-0.4, -0.2) is 42.3 Å². The largest absolute Gasteiger partial charge is 0.394 e. The van der Waals surface area contributed by atoms with Crippen LogP contribution in [0, 0.1) is 6.92 Å². The summed E-state index contributed by atoms with van der Waals surface area (Å²) >= 11 is 6.71. The maximum absolute atomic E-state index is 13.5. The molecule has 3 heterocycles. The van der Waals surface area contributed by atoms with Crippen LogP contribution in [0.4, 0.5) is 5.82 Å². The standard InChI is InChI=1S/C25H26N4O3S2/c1-4-18(14-30)26-21-19(23(31)28-12-8-9-15(2)22(28)27-21)13-20-24(32)29(25(33)34-20)16(3)17-10-6-5-7-11-17/h5-13,16,18,26,30H,4,14H2,1-3H3. The van der Waals surface area contributed by atoms with Crippen LogP contribution in [0.2, 0.25) is 0 Å². The first-order chi connectivity index (χ1) is 16.3. The number of amides is 1. The Labute approximate surface area is 207 Å². The molecule has 1 aliphatic rings. The quantitative estimate of drug-likeness (QED) is 0.377. The Hall–Kier alpha value is -3.01. The molecule has 3 aromatic rings. The second-order valence-corrected chi connectivity index (χ2v) is 9.81. The highest BCUT2D eigenvalue weighted by Gasteiger charge is 2.36. The minimum absolute atomic E-state index is 0.110. The molecule has 0 radical (unpaired) electrons. The fraction of sp³-hybridized carbons (Fsp3) is 0.280. The van der Waals surface area contributed by atoms with Crippen LogP contribution < -0.4 is 10.9 Å². The number of hydrogen-bond acceptors (Lipinski definition) is 7. The Morgan fingerprint density at radius 2 is 1.94 bits per heavy atom. The maximum Gasteiger partial charge on any atom is 0.267 e. The average molecular weight is 495 g/mol. The Bertz CT molecular complexity index is 1330.